The summed E-state index contributed by atoms with van der Waals surface area (Å²) in [4.78, 5) is 17.3. The summed E-state index contributed by atoms with van der Waals surface area (Å²) in [6, 6.07) is 11.1. The largest absolute Gasteiger partial charge is 0.398 e. The van der Waals surface area contributed by atoms with Crippen molar-refractivity contribution in [2.45, 2.75) is 13.8 Å². The van der Waals surface area contributed by atoms with Gasteiger partial charge in [-0.25, -0.2) is 0 Å². The van der Waals surface area contributed by atoms with Gasteiger partial charge in [0.1, 0.15) is 17.0 Å². The molecule has 4 rings (SSSR count). The number of anilines is 2. The lowest BCUT2D eigenvalue weighted by Gasteiger charge is -2.36. The molecule has 156 valence electrons. The maximum absolute atomic E-state index is 13.3. The van der Waals surface area contributed by atoms with Crippen molar-refractivity contribution in [3.8, 4) is 11.3 Å². The third-order valence-electron chi connectivity index (χ3n) is 5.45. The van der Waals surface area contributed by atoms with Crippen LogP contribution < -0.4 is 10.6 Å². The second-order valence-electron chi connectivity index (χ2n) is 7.38. The second-order valence-corrected chi connectivity index (χ2v) is 8.20. The molecule has 2 N–H and O–H groups in total. The number of rotatable bonds is 3. The molecule has 0 radical (unpaired) electrons. The van der Waals surface area contributed by atoms with Gasteiger partial charge in [-0.2, -0.15) is 0 Å². The van der Waals surface area contributed by atoms with E-state index in [4.69, 9.17) is 33.5 Å². The average Bonchev–Trinajstić information content (AvgIpc) is 3.12. The van der Waals surface area contributed by atoms with Gasteiger partial charge in [0.2, 0.25) is 0 Å². The molecule has 0 bridgehead atoms. The lowest BCUT2D eigenvalue weighted by molar-refractivity contribution is 0.0745. The summed E-state index contributed by atoms with van der Waals surface area (Å²) in [6.45, 7) is 6.08. The molecule has 1 aliphatic rings. The van der Waals surface area contributed by atoms with E-state index < -0.39 is 0 Å². The van der Waals surface area contributed by atoms with Gasteiger partial charge in [0, 0.05) is 37.4 Å². The monoisotopic (exact) mass is 444 g/mol. The van der Waals surface area contributed by atoms with Gasteiger partial charge in [0.25, 0.3) is 5.91 Å². The zero-order valence-corrected chi connectivity index (χ0v) is 18.3. The lowest BCUT2D eigenvalue weighted by Crippen LogP contribution is -2.49. The van der Waals surface area contributed by atoms with Crippen LogP contribution in [-0.4, -0.2) is 42.1 Å². The van der Waals surface area contributed by atoms with Crippen molar-refractivity contribution in [3.63, 3.8) is 0 Å². The molecule has 1 aliphatic heterocycles. The van der Waals surface area contributed by atoms with E-state index in [1.54, 1.807) is 13.0 Å². The fourth-order valence-corrected chi connectivity index (χ4v) is 4.25. The van der Waals surface area contributed by atoms with Gasteiger partial charge in [-0.3, -0.25) is 4.79 Å². The maximum Gasteiger partial charge on any atom is 0.259 e. The van der Waals surface area contributed by atoms with Crippen LogP contribution in [0.3, 0.4) is 0 Å². The Hall–Kier alpha value is -2.70. The first kappa shape index (κ1) is 20.6. The number of nitrogens with zero attached hydrogens (tertiary/aromatic N) is 3. The van der Waals surface area contributed by atoms with Crippen molar-refractivity contribution in [2.24, 2.45) is 0 Å². The summed E-state index contributed by atoms with van der Waals surface area (Å²) in [5.41, 5.74) is 10.2. The number of carbonyl (C=O) groups is 1. The van der Waals surface area contributed by atoms with Crippen LogP contribution >= 0.6 is 23.2 Å². The number of halogens is 2. The van der Waals surface area contributed by atoms with Crippen molar-refractivity contribution < 1.29 is 9.32 Å². The van der Waals surface area contributed by atoms with Crippen LogP contribution in [0.2, 0.25) is 10.0 Å². The normalized spacial score (nSPS) is 14.3. The average molecular weight is 445 g/mol. The summed E-state index contributed by atoms with van der Waals surface area (Å²) in [6.07, 6.45) is 0. The van der Waals surface area contributed by atoms with Gasteiger partial charge in [-0.1, -0.05) is 46.6 Å². The van der Waals surface area contributed by atoms with E-state index in [1.807, 2.05) is 42.2 Å². The van der Waals surface area contributed by atoms with E-state index in [1.165, 1.54) is 0 Å². The van der Waals surface area contributed by atoms with Crippen LogP contribution in [0.5, 0.6) is 0 Å². The minimum atomic E-state index is -0.113. The summed E-state index contributed by atoms with van der Waals surface area (Å²) in [7, 11) is 0. The van der Waals surface area contributed by atoms with Crippen molar-refractivity contribution in [2.75, 3.05) is 36.8 Å². The van der Waals surface area contributed by atoms with Gasteiger partial charge in [0.05, 0.1) is 15.7 Å². The molecule has 2 aromatic carbocycles. The van der Waals surface area contributed by atoms with Crippen LogP contribution in [0.1, 0.15) is 21.7 Å². The van der Waals surface area contributed by atoms with E-state index in [-0.39, 0.29) is 5.91 Å². The Labute approximate surface area is 185 Å². The number of hydrogen-bond acceptors (Lipinski definition) is 5. The van der Waals surface area contributed by atoms with Gasteiger partial charge in [0.15, 0.2) is 0 Å². The number of hydrogen-bond donors (Lipinski definition) is 1. The zero-order valence-electron chi connectivity index (χ0n) is 16.8. The van der Waals surface area contributed by atoms with Crippen molar-refractivity contribution in [1.29, 1.82) is 0 Å². The lowest BCUT2D eigenvalue weighted by atomic mass is 10.0. The predicted octanol–water partition coefficient (Wildman–Crippen LogP) is 4.81. The fraction of sp³-hybridized carbons (Fsp3) is 0.273. The summed E-state index contributed by atoms with van der Waals surface area (Å²) in [5, 5.41) is 5.29. The molecule has 1 amide bonds. The smallest absolute Gasteiger partial charge is 0.259 e. The number of aromatic nitrogens is 1. The van der Waals surface area contributed by atoms with Crippen molar-refractivity contribution in [1.82, 2.24) is 10.1 Å². The Morgan fingerprint density at radius 3 is 2.47 bits per heavy atom. The highest BCUT2D eigenvalue weighted by molar-refractivity contribution is 6.33. The van der Waals surface area contributed by atoms with Crippen LogP contribution in [-0.2, 0) is 0 Å². The number of aryl methyl sites for hydroxylation is 2. The maximum atomic E-state index is 13.3. The SMILES string of the molecule is Cc1cc(Cl)c(N2CCN(C(=O)c3c(-c4ccccc4Cl)noc3C)CC2)cc1N. The highest BCUT2D eigenvalue weighted by Crippen LogP contribution is 2.33. The third kappa shape index (κ3) is 3.73. The first-order valence-electron chi connectivity index (χ1n) is 9.68. The Balaban J connectivity index is 1.54. The summed E-state index contributed by atoms with van der Waals surface area (Å²) in [5.74, 6) is 0.365. The van der Waals surface area contributed by atoms with E-state index in [9.17, 15) is 4.79 Å². The first-order valence-corrected chi connectivity index (χ1v) is 10.4. The standard InChI is InChI=1S/C22H22Cl2N4O2/c1-13-11-17(24)19(12-18(13)25)27-7-9-28(10-8-27)22(29)20-14(2)30-26-21(20)15-5-3-4-6-16(15)23/h3-6,11-12H,7-10,25H2,1-2H3. The molecule has 1 fully saturated rings. The van der Waals surface area contributed by atoms with Gasteiger partial charge < -0.3 is 20.1 Å². The minimum Gasteiger partial charge on any atom is -0.398 e. The Bertz CT molecular complexity index is 1100. The predicted molar refractivity (Wildman–Crippen MR) is 120 cm³/mol. The molecule has 1 saturated heterocycles. The topological polar surface area (TPSA) is 75.6 Å². The fourth-order valence-electron chi connectivity index (χ4n) is 3.69. The number of nitrogen functional groups attached to an aromatic ring is 1. The van der Waals surface area contributed by atoms with Gasteiger partial charge in [-0.15, -0.1) is 0 Å². The molecule has 0 spiro atoms. The van der Waals surface area contributed by atoms with E-state index >= 15 is 0 Å². The van der Waals surface area contributed by atoms with Crippen LogP contribution in [0.15, 0.2) is 40.9 Å². The molecule has 3 aromatic rings. The van der Waals surface area contributed by atoms with Crippen molar-refractivity contribution >= 4 is 40.5 Å². The van der Waals surface area contributed by atoms with Crippen molar-refractivity contribution in [3.05, 3.63) is 63.3 Å². The number of nitrogens with two attached hydrogens (primary N) is 1. The van der Waals surface area contributed by atoms with Crippen LogP contribution in [0.4, 0.5) is 11.4 Å². The highest BCUT2D eigenvalue weighted by atomic mass is 35.5. The molecule has 1 aromatic heterocycles. The van der Waals surface area contributed by atoms with E-state index in [0.29, 0.717) is 64.5 Å². The summed E-state index contributed by atoms with van der Waals surface area (Å²) >= 11 is 12.7. The van der Waals surface area contributed by atoms with Gasteiger partial charge >= 0.3 is 0 Å². The third-order valence-corrected chi connectivity index (χ3v) is 6.08. The molecule has 0 atom stereocenters. The Morgan fingerprint density at radius 1 is 1.07 bits per heavy atom. The molecular weight excluding hydrogens is 423 g/mol. The zero-order chi connectivity index (χ0) is 21.4. The second kappa shape index (κ2) is 8.20. The first-order chi connectivity index (χ1) is 14.4. The molecule has 0 saturated carbocycles. The minimum absolute atomic E-state index is 0.113. The Kier molecular flexibility index (Phi) is 5.62. The number of amides is 1. The number of benzene rings is 2. The number of carbonyl (C=O) groups excluding carboxylic acids is 1. The molecule has 6 nitrogen and oxygen atoms in total. The van der Waals surface area contributed by atoms with Crippen LogP contribution in [0, 0.1) is 13.8 Å². The summed E-state index contributed by atoms with van der Waals surface area (Å²) < 4.78 is 5.35. The molecule has 0 aliphatic carbocycles. The van der Waals surface area contributed by atoms with E-state index in [0.717, 1.165) is 11.3 Å². The molecule has 0 unspecified atom stereocenters. The Morgan fingerprint density at radius 2 is 1.77 bits per heavy atom. The molecule has 2 heterocycles. The molecule has 30 heavy (non-hydrogen) atoms. The van der Waals surface area contributed by atoms with E-state index in [2.05, 4.69) is 10.1 Å². The molecule has 8 heteroatoms. The van der Waals surface area contributed by atoms with Gasteiger partial charge in [-0.05, 0) is 37.6 Å². The van der Waals surface area contributed by atoms with Crippen LogP contribution in [0.25, 0.3) is 11.3 Å². The highest BCUT2D eigenvalue weighted by Gasteiger charge is 2.29. The quantitative estimate of drug-likeness (QED) is 0.586. The number of piperazine rings is 1. The molecular formula is C22H22Cl2N4O2.